The van der Waals surface area contributed by atoms with Crippen molar-refractivity contribution in [3.8, 4) is 5.75 Å². The van der Waals surface area contributed by atoms with E-state index in [0.717, 1.165) is 29.2 Å². The van der Waals surface area contributed by atoms with E-state index in [2.05, 4.69) is 19.2 Å². The summed E-state index contributed by atoms with van der Waals surface area (Å²) in [7, 11) is 0. The molecule has 3 aromatic rings. The molecule has 5 heteroatoms. The molecule has 1 amide bonds. The van der Waals surface area contributed by atoms with E-state index in [1.165, 1.54) is 0 Å². The van der Waals surface area contributed by atoms with E-state index in [1.807, 2.05) is 72.5 Å². The molecule has 4 rings (SSSR count). The average molecular weight is 390 g/mol. The number of hydrogen-bond acceptors (Lipinski definition) is 4. The summed E-state index contributed by atoms with van der Waals surface area (Å²) in [6.45, 7) is 6.51. The summed E-state index contributed by atoms with van der Waals surface area (Å²) in [5.41, 5.74) is 1.57. The van der Waals surface area contributed by atoms with Crippen molar-refractivity contribution in [2.75, 3.05) is 5.32 Å². The Morgan fingerprint density at radius 3 is 2.62 bits per heavy atom. The molecule has 0 spiro atoms. The lowest BCUT2D eigenvalue weighted by Crippen LogP contribution is -2.55. The maximum Gasteiger partial charge on any atom is 0.258 e. The number of nitrogens with one attached hydrogen (secondary N) is 1. The summed E-state index contributed by atoms with van der Waals surface area (Å²) in [4.78, 5) is 15.3. The Morgan fingerprint density at radius 2 is 1.86 bits per heavy atom. The number of para-hydroxylation sites is 2. The second-order valence-corrected chi connectivity index (χ2v) is 7.55. The molecule has 0 saturated heterocycles. The van der Waals surface area contributed by atoms with Gasteiger partial charge in [0, 0.05) is 11.3 Å². The SMILES string of the molecule is CCC(C)Oc1ccccc1C1(C)Nc2ccccc2C(=O)N1Cc1ccco1. The molecular formula is C24H26N2O3. The molecule has 2 unspecified atom stereocenters. The first kappa shape index (κ1) is 19.1. The van der Waals surface area contributed by atoms with E-state index >= 15 is 0 Å². The second-order valence-electron chi connectivity index (χ2n) is 7.55. The summed E-state index contributed by atoms with van der Waals surface area (Å²) in [6.07, 6.45) is 2.60. The lowest BCUT2D eigenvalue weighted by molar-refractivity contribution is 0.0477. The van der Waals surface area contributed by atoms with Gasteiger partial charge in [0.15, 0.2) is 0 Å². The summed E-state index contributed by atoms with van der Waals surface area (Å²) in [5, 5.41) is 3.60. The first-order chi connectivity index (χ1) is 14.0. The van der Waals surface area contributed by atoms with Crippen molar-refractivity contribution >= 4 is 11.6 Å². The molecule has 29 heavy (non-hydrogen) atoms. The van der Waals surface area contributed by atoms with Gasteiger partial charge < -0.3 is 19.4 Å². The predicted molar refractivity (Wildman–Crippen MR) is 113 cm³/mol. The smallest absolute Gasteiger partial charge is 0.258 e. The third kappa shape index (κ3) is 3.48. The number of fused-ring (bicyclic) bond motifs is 1. The molecule has 1 aliphatic heterocycles. The van der Waals surface area contributed by atoms with Crippen LogP contribution in [0.3, 0.4) is 0 Å². The summed E-state index contributed by atoms with van der Waals surface area (Å²) in [6, 6.07) is 19.2. The highest BCUT2D eigenvalue weighted by Gasteiger charge is 2.44. The Kier molecular flexibility index (Phi) is 5.05. The van der Waals surface area contributed by atoms with Crippen molar-refractivity contribution < 1.29 is 13.9 Å². The zero-order valence-electron chi connectivity index (χ0n) is 17.0. The van der Waals surface area contributed by atoms with Crippen LogP contribution < -0.4 is 10.1 Å². The van der Waals surface area contributed by atoms with Crippen LogP contribution >= 0.6 is 0 Å². The number of carbonyl (C=O) groups excluding carboxylic acids is 1. The number of hydrogen-bond donors (Lipinski definition) is 1. The van der Waals surface area contributed by atoms with Gasteiger partial charge in [0.05, 0.1) is 24.5 Å². The number of anilines is 1. The second kappa shape index (κ2) is 7.66. The number of carbonyl (C=O) groups is 1. The van der Waals surface area contributed by atoms with Crippen LogP contribution in [-0.2, 0) is 12.2 Å². The Balaban J connectivity index is 1.83. The van der Waals surface area contributed by atoms with Gasteiger partial charge in [-0.05, 0) is 50.6 Å². The molecule has 1 aromatic heterocycles. The Hall–Kier alpha value is -3.21. The number of nitrogens with zero attached hydrogens (tertiary/aromatic N) is 1. The molecule has 0 fully saturated rings. The van der Waals surface area contributed by atoms with Crippen molar-refractivity contribution in [1.82, 2.24) is 4.90 Å². The van der Waals surface area contributed by atoms with Gasteiger partial charge in [-0.15, -0.1) is 0 Å². The molecular weight excluding hydrogens is 364 g/mol. The fraction of sp³-hybridized carbons (Fsp3) is 0.292. The van der Waals surface area contributed by atoms with Crippen molar-refractivity contribution in [3.63, 3.8) is 0 Å². The van der Waals surface area contributed by atoms with E-state index in [1.54, 1.807) is 6.26 Å². The molecule has 1 aliphatic rings. The van der Waals surface area contributed by atoms with Crippen LogP contribution in [0, 0.1) is 0 Å². The average Bonchev–Trinajstić information content (AvgIpc) is 3.25. The minimum absolute atomic E-state index is 0.0448. The molecule has 0 radical (unpaired) electrons. The van der Waals surface area contributed by atoms with E-state index in [4.69, 9.17) is 9.15 Å². The first-order valence-electron chi connectivity index (χ1n) is 10.0. The lowest BCUT2D eigenvalue weighted by Gasteiger charge is -2.46. The minimum atomic E-state index is -0.803. The minimum Gasteiger partial charge on any atom is -0.490 e. The largest absolute Gasteiger partial charge is 0.490 e. The Labute approximate surface area is 171 Å². The lowest BCUT2D eigenvalue weighted by atomic mass is 9.92. The number of ether oxygens (including phenoxy) is 1. The van der Waals surface area contributed by atoms with Gasteiger partial charge in [-0.25, -0.2) is 0 Å². The topological polar surface area (TPSA) is 54.7 Å². The van der Waals surface area contributed by atoms with E-state index in [0.29, 0.717) is 12.1 Å². The monoisotopic (exact) mass is 390 g/mol. The number of benzene rings is 2. The van der Waals surface area contributed by atoms with Crippen LogP contribution in [0.2, 0.25) is 0 Å². The summed E-state index contributed by atoms with van der Waals surface area (Å²) in [5.74, 6) is 1.45. The van der Waals surface area contributed by atoms with Crippen molar-refractivity contribution in [1.29, 1.82) is 0 Å². The van der Waals surface area contributed by atoms with Gasteiger partial charge in [-0.1, -0.05) is 37.3 Å². The third-order valence-electron chi connectivity index (χ3n) is 5.53. The molecule has 1 N–H and O–H groups in total. The standard InChI is InChI=1S/C24H26N2O3/c1-4-17(2)29-22-14-8-6-12-20(22)24(3)25-21-13-7-5-11-19(21)23(27)26(24)16-18-10-9-15-28-18/h5-15,17,25H,4,16H2,1-3H3. The Morgan fingerprint density at radius 1 is 1.10 bits per heavy atom. The highest BCUT2D eigenvalue weighted by Crippen LogP contribution is 2.42. The van der Waals surface area contributed by atoms with Gasteiger partial charge >= 0.3 is 0 Å². The van der Waals surface area contributed by atoms with Crippen molar-refractivity contribution in [2.24, 2.45) is 0 Å². The highest BCUT2D eigenvalue weighted by molar-refractivity contribution is 6.02. The van der Waals surface area contributed by atoms with Crippen molar-refractivity contribution in [3.05, 3.63) is 83.8 Å². The summed E-state index contributed by atoms with van der Waals surface area (Å²) < 4.78 is 11.8. The normalized spacial score (nSPS) is 19.4. The number of furan rings is 1. The fourth-order valence-corrected chi connectivity index (χ4v) is 3.73. The van der Waals surface area contributed by atoms with Gasteiger partial charge in [0.25, 0.3) is 5.91 Å². The van der Waals surface area contributed by atoms with Crippen LogP contribution in [0.15, 0.2) is 71.3 Å². The Bertz CT molecular complexity index is 999. The van der Waals surface area contributed by atoms with Crippen LogP contribution in [0.4, 0.5) is 5.69 Å². The number of rotatable bonds is 6. The van der Waals surface area contributed by atoms with Gasteiger partial charge in [0.2, 0.25) is 0 Å². The molecule has 0 saturated carbocycles. The van der Waals surface area contributed by atoms with E-state index in [-0.39, 0.29) is 12.0 Å². The molecule has 2 aromatic carbocycles. The molecule has 150 valence electrons. The fourth-order valence-electron chi connectivity index (χ4n) is 3.73. The first-order valence-corrected chi connectivity index (χ1v) is 10.0. The van der Waals surface area contributed by atoms with Crippen LogP contribution in [-0.4, -0.2) is 16.9 Å². The molecule has 2 atom stereocenters. The molecule has 5 nitrogen and oxygen atoms in total. The van der Waals surface area contributed by atoms with E-state index in [9.17, 15) is 4.79 Å². The number of amides is 1. The maximum absolute atomic E-state index is 13.5. The quantitative estimate of drug-likeness (QED) is 0.612. The molecule has 0 aliphatic carbocycles. The van der Waals surface area contributed by atoms with Crippen LogP contribution in [0.5, 0.6) is 5.75 Å². The third-order valence-corrected chi connectivity index (χ3v) is 5.53. The van der Waals surface area contributed by atoms with Gasteiger partial charge in [-0.3, -0.25) is 4.79 Å². The molecule has 0 bridgehead atoms. The summed E-state index contributed by atoms with van der Waals surface area (Å²) >= 11 is 0. The predicted octanol–water partition coefficient (Wildman–Crippen LogP) is 5.40. The van der Waals surface area contributed by atoms with Crippen LogP contribution in [0.1, 0.15) is 48.9 Å². The van der Waals surface area contributed by atoms with Crippen LogP contribution in [0.25, 0.3) is 0 Å². The maximum atomic E-state index is 13.5. The zero-order valence-corrected chi connectivity index (χ0v) is 17.0. The van der Waals surface area contributed by atoms with Gasteiger partial charge in [0.1, 0.15) is 17.2 Å². The van der Waals surface area contributed by atoms with E-state index < -0.39 is 5.66 Å². The highest BCUT2D eigenvalue weighted by atomic mass is 16.5. The van der Waals surface area contributed by atoms with Gasteiger partial charge in [-0.2, -0.15) is 0 Å². The zero-order chi connectivity index (χ0) is 20.4. The molecule has 2 heterocycles. The van der Waals surface area contributed by atoms with Crippen molar-refractivity contribution in [2.45, 2.75) is 45.5 Å².